The van der Waals surface area contributed by atoms with Gasteiger partial charge in [0.2, 0.25) is 0 Å². The van der Waals surface area contributed by atoms with E-state index in [2.05, 4.69) is 9.97 Å². The molecule has 9 nitrogen and oxygen atoms in total. The van der Waals surface area contributed by atoms with Crippen molar-refractivity contribution in [3.05, 3.63) is 101 Å². The minimum atomic E-state index is -0.292. The molecule has 41 heavy (non-hydrogen) atoms. The minimum absolute atomic E-state index is 0.238. The molecular formula is C32H27N5O4. The zero-order chi connectivity index (χ0) is 28.3. The highest BCUT2D eigenvalue weighted by Crippen LogP contribution is 2.37. The van der Waals surface area contributed by atoms with Crippen LogP contribution in [-0.2, 0) is 6.61 Å². The summed E-state index contributed by atoms with van der Waals surface area (Å²) < 4.78 is 13.0. The summed E-state index contributed by atoms with van der Waals surface area (Å²) in [5.41, 5.74) is 2.92. The first-order valence-corrected chi connectivity index (χ1v) is 13.3. The maximum absolute atomic E-state index is 13.7. The smallest absolute Gasteiger partial charge is 0.280 e. The maximum Gasteiger partial charge on any atom is 0.280 e. The van der Waals surface area contributed by atoms with Crippen LogP contribution in [0.5, 0.6) is 11.5 Å². The fourth-order valence-electron chi connectivity index (χ4n) is 4.90. The predicted molar refractivity (Wildman–Crippen MR) is 157 cm³/mol. The summed E-state index contributed by atoms with van der Waals surface area (Å²) in [4.78, 5) is 27.2. The number of pyridine rings is 3. The zero-order valence-electron chi connectivity index (χ0n) is 22.6. The third-order valence-electron chi connectivity index (χ3n) is 6.69. The van der Waals surface area contributed by atoms with Gasteiger partial charge in [-0.3, -0.25) is 9.78 Å². The molecule has 1 N–H and O–H groups in total. The Morgan fingerprint density at radius 3 is 2.32 bits per heavy atom. The molecule has 0 unspecified atom stereocenters. The molecule has 2 aromatic carbocycles. The predicted octanol–water partition coefficient (Wildman–Crippen LogP) is 5.35. The quantitative estimate of drug-likeness (QED) is 0.273. The van der Waals surface area contributed by atoms with E-state index in [0.29, 0.717) is 58.6 Å². The van der Waals surface area contributed by atoms with E-state index in [9.17, 15) is 9.90 Å². The maximum atomic E-state index is 13.7. The molecule has 4 aromatic heterocycles. The van der Waals surface area contributed by atoms with Crippen molar-refractivity contribution in [2.24, 2.45) is 0 Å². The van der Waals surface area contributed by atoms with Gasteiger partial charge in [0.25, 0.3) is 5.56 Å². The molecule has 0 aliphatic rings. The van der Waals surface area contributed by atoms with Crippen molar-refractivity contribution in [2.45, 2.75) is 20.5 Å². The molecule has 0 fully saturated rings. The van der Waals surface area contributed by atoms with E-state index >= 15 is 0 Å². The number of benzene rings is 2. The van der Waals surface area contributed by atoms with Crippen LogP contribution in [0.15, 0.2) is 90.1 Å². The molecule has 204 valence electrons. The van der Waals surface area contributed by atoms with Gasteiger partial charge in [0.1, 0.15) is 5.69 Å². The molecule has 0 radical (unpaired) electrons. The van der Waals surface area contributed by atoms with Crippen LogP contribution in [0.4, 0.5) is 0 Å². The van der Waals surface area contributed by atoms with Crippen LogP contribution in [0.25, 0.3) is 49.9 Å². The van der Waals surface area contributed by atoms with Crippen LogP contribution in [0.1, 0.15) is 19.5 Å². The number of hydrogen-bond donors (Lipinski definition) is 1. The summed E-state index contributed by atoms with van der Waals surface area (Å²) in [7, 11) is 0. The molecule has 0 spiro atoms. The van der Waals surface area contributed by atoms with Crippen LogP contribution in [-0.4, -0.2) is 43.1 Å². The van der Waals surface area contributed by atoms with Gasteiger partial charge < -0.3 is 14.6 Å². The second-order valence-corrected chi connectivity index (χ2v) is 9.26. The highest BCUT2D eigenvalue weighted by Gasteiger charge is 2.17. The number of ether oxygens (including phenoxy) is 2. The Morgan fingerprint density at radius 1 is 0.805 bits per heavy atom. The first-order chi connectivity index (χ1) is 20.1. The molecule has 0 bridgehead atoms. The third kappa shape index (κ3) is 4.87. The van der Waals surface area contributed by atoms with E-state index in [1.807, 2.05) is 68.4 Å². The van der Waals surface area contributed by atoms with Crippen molar-refractivity contribution >= 4 is 21.5 Å². The van der Waals surface area contributed by atoms with E-state index in [-0.39, 0.29) is 12.2 Å². The van der Waals surface area contributed by atoms with Gasteiger partial charge in [-0.15, -0.1) is 0 Å². The fraction of sp³-hybridized carbons (Fsp3) is 0.156. The largest absolute Gasteiger partial charge is 0.490 e. The molecule has 9 heteroatoms. The highest BCUT2D eigenvalue weighted by atomic mass is 16.5. The minimum Gasteiger partial charge on any atom is -0.490 e. The monoisotopic (exact) mass is 545 g/mol. The summed E-state index contributed by atoms with van der Waals surface area (Å²) >= 11 is 0. The van der Waals surface area contributed by atoms with Crippen molar-refractivity contribution in [1.29, 1.82) is 0 Å². The van der Waals surface area contributed by atoms with Crippen molar-refractivity contribution in [2.75, 3.05) is 13.2 Å². The van der Waals surface area contributed by atoms with Gasteiger partial charge in [-0.2, -0.15) is 9.78 Å². The topological polar surface area (TPSA) is 112 Å². The Kier molecular flexibility index (Phi) is 7.09. The van der Waals surface area contributed by atoms with Gasteiger partial charge in [-0.05, 0) is 67.8 Å². The molecular weight excluding hydrogens is 518 g/mol. The van der Waals surface area contributed by atoms with E-state index in [0.717, 1.165) is 21.7 Å². The first-order valence-electron chi connectivity index (χ1n) is 13.3. The molecule has 0 amide bonds. The molecule has 0 aliphatic carbocycles. The number of nitrogens with zero attached hydrogens (tertiary/aromatic N) is 5. The van der Waals surface area contributed by atoms with Crippen LogP contribution in [0.3, 0.4) is 0 Å². The molecule has 0 saturated heterocycles. The summed E-state index contributed by atoms with van der Waals surface area (Å²) in [6, 6.07) is 20.3. The first kappa shape index (κ1) is 26.1. The van der Waals surface area contributed by atoms with Gasteiger partial charge in [-0.1, -0.05) is 18.2 Å². The second kappa shape index (κ2) is 11.1. The average molecular weight is 546 g/mol. The van der Waals surface area contributed by atoms with E-state index in [1.54, 1.807) is 30.7 Å². The molecule has 0 atom stereocenters. The molecule has 0 aliphatic heterocycles. The Morgan fingerprint density at radius 2 is 1.59 bits per heavy atom. The van der Waals surface area contributed by atoms with Gasteiger partial charge in [-0.25, -0.2) is 9.97 Å². The normalized spacial score (nSPS) is 11.2. The lowest BCUT2D eigenvalue weighted by Gasteiger charge is -2.15. The van der Waals surface area contributed by atoms with Gasteiger partial charge in [0.05, 0.1) is 36.6 Å². The average Bonchev–Trinajstić information content (AvgIpc) is 3.02. The molecule has 4 heterocycles. The number of hydrogen-bond acceptors (Lipinski definition) is 8. The number of rotatable bonds is 8. The van der Waals surface area contributed by atoms with Crippen LogP contribution in [0.2, 0.25) is 0 Å². The highest BCUT2D eigenvalue weighted by molar-refractivity contribution is 5.97. The van der Waals surface area contributed by atoms with Crippen LogP contribution < -0.4 is 15.0 Å². The summed E-state index contributed by atoms with van der Waals surface area (Å²) in [6.45, 7) is 4.55. The van der Waals surface area contributed by atoms with E-state index in [4.69, 9.17) is 19.6 Å². The van der Waals surface area contributed by atoms with Gasteiger partial charge >= 0.3 is 0 Å². The van der Waals surface area contributed by atoms with Crippen molar-refractivity contribution in [3.8, 4) is 39.8 Å². The Bertz CT molecular complexity index is 1940. The Hall–Kier alpha value is -5.15. The molecule has 0 saturated carbocycles. The molecule has 6 rings (SSSR count). The lowest BCUT2D eigenvalue weighted by molar-refractivity contribution is 0.277. The van der Waals surface area contributed by atoms with Crippen LogP contribution >= 0.6 is 0 Å². The number of aliphatic hydroxyl groups is 1. The SMILES string of the molecule is CCOc1cc2cc(CO)nc(-c3ccnc(-n4nc(-c5cccnc5)c5ccccc5c4=O)c3)c2cc1OCC. The van der Waals surface area contributed by atoms with Crippen molar-refractivity contribution in [1.82, 2.24) is 24.7 Å². The lowest BCUT2D eigenvalue weighted by atomic mass is 10.0. The van der Waals surface area contributed by atoms with Gasteiger partial charge in [0, 0.05) is 40.5 Å². The Balaban J connectivity index is 1.57. The van der Waals surface area contributed by atoms with E-state index < -0.39 is 0 Å². The number of aliphatic hydroxyl groups excluding tert-OH is 1. The van der Waals surface area contributed by atoms with Crippen LogP contribution in [0, 0.1) is 0 Å². The van der Waals surface area contributed by atoms with E-state index in [1.165, 1.54) is 4.68 Å². The summed E-state index contributed by atoms with van der Waals surface area (Å²) in [5, 5.41) is 17.6. The lowest BCUT2D eigenvalue weighted by Crippen LogP contribution is -2.23. The standard InChI is InChI=1S/C32H27N5O4/c1-3-40-27-15-22-14-23(19-38)35-30(26(22)17-28(27)41-4-2)20-11-13-34-29(16-20)37-32(39)25-10-6-5-9-24(25)31(36-37)21-8-7-12-33-18-21/h5-18,38H,3-4,19H2,1-2H3. The number of aromatic nitrogens is 5. The molecule has 6 aromatic rings. The number of fused-ring (bicyclic) bond motifs is 2. The second-order valence-electron chi connectivity index (χ2n) is 9.26. The Labute approximate surface area is 235 Å². The summed E-state index contributed by atoms with van der Waals surface area (Å²) in [5.74, 6) is 1.56. The third-order valence-corrected chi connectivity index (χ3v) is 6.69. The van der Waals surface area contributed by atoms with Crippen molar-refractivity contribution in [3.63, 3.8) is 0 Å². The zero-order valence-corrected chi connectivity index (χ0v) is 22.6. The fourth-order valence-corrected chi connectivity index (χ4v) is 4.90. The van der Waals surface area contributed by atoms with Gasteiger partial charge in [0.15, 0.2) is 17.3 Å². The van der Waals surface area contributed by atoms with Crippen molar-refractivity contribution < 1.29 is 14.6 Å². The summed E-state index contributed by atoms with van der Waals surface area (Å²) in [6.07, 6.45) is 5.03.